The van der Waals surface area contributed by atoms with Crippen LogP contribution in [0.4, 0.5) is 13.2 Å². The van der Waals surface area contributed by atoms with Crippen molar-refractivity contribution in [2.45, 2.75) is 69.5 Å². The first-order chi connectivity index (χ1) is 9.86. The van der Waals surface area contributed by atoms with Gasteiger partial charge in [0, 0.05) is 16.8 Å². The number of alkyl halides is 4. The van der Waals surface area contributed by atoms with Crippen molar-refractivity contribution in [3.05, 3.63) is 0 Å². The van der Waals surface area contributed by atoms with Gasteiger partial charge in [-0.1, -0.05) is 41.6 Å². The van der Waals surface area contributed by atoms with Crippen LogP contribution < -0.4 is 5.32 Å². The summed E-state index contributed by atoms with van der Waals surface area (Å²) in [6, 6.07) is 0. The molecule has 1 N–H and O–H groups in total. The van der Waals surface area contributed by atoms with Crippen LogP contribution in [0.5, 0.6) is 0 Å². The van der Waals surface area contributed by atoms with Crippen LogP contribution in [0.3, 0.4) is 0 Å². The smallest absolute Gasteiger partial charge is 0.350 e. The average Bonchev–Trinajstić information content (AvgIpc) is 2.47. The Labute approximate surface area is 132 Å². The molecule has 0 saturated heterocycles. The third-order valence-electron chi connectivity index (χ3n) is 4.96. The van der Waals surface area contributed by atoms with Crippen LogP contribution in [0, 0.1) is 11.8 Å². The second kappa shape index (κ2) is 6.88. The lowest BCUT2D eigenvalue weighted by Crippen LogP contribution is -2.53. The molecule has 122 valence electrons. The van der Waals surface area contributed by atoms with Crippen LogP contribution in [-0.2, 0) is 4.79 Å². The fourth-order valence-electron chi connectivity index (χ4n) is 3.61. The van der Waals surface area contributed by atoms with E-state index in [-0.39, 0.29) is 24.3 Å². The first-order valence-electron chi connectivity index (χ1n) is 7.81. The van der Waals surface area contributed by atoms with E-state index in [2.05, 4.69) is 21.2 Å². The second-order valence-corrected chi connectivity index (χ2v) is 7.13. The van der Waals surface area contributed by atoms with Gasteiger partial charge >= 0.3 is 6.18 Å². The predicted octanol–water partition coefficient (Wildman–Crippen LogP) is 4.57. The summed E-state index contributed by atoms with van der Waals surface area (Å²) in [5, 5.41) is 3.75. The zero-order chi connectivity index (χ0) is 15.5. The van der Waals surface area contributed by atoms with E-state index >= 15 is 0 Å². The van der Waals surface area contributed by atoms with E-state index in [1.54, 1.807) is 0 Å². The molecular formula is C15H23BrF3NO. The van der Waals surface area contributed by atoms with E-state index in [4.69, 9.17) is 0 Å². The third-order valence-corrected chi connectivity index (χ3v) is 6.04. The van der Waals surface area contributed by atoms with Crippen molar-refractivity contribution in [2.24, 2.45) is 11.8 Å². The first kappa shape index (κ1) is 17.1. The minimum absolute atomic E-state index is 0.0479. The van der Waals surface area contributed by atoms with Crippen LogP contribution in [0.25, 0.3) is 0 Å². The average molecular weight is 370 g/mol. The zero-order valence-electron chi connectivity index (χ0n) is 12.1. The summed E-state index contributed by atoms with van der Waals surface area (Å²) in [4.78, 5) is 12.4. The molecular weight excluding hydrogens is 347 g/mol. The lowest BCUT2D eigenvalue weighted by atomic mass is 9.79. The van der Waals surface area contributed by atoms with Gasteiger partial charge in [-0.25, -0.2) is 0 Å². The highest BCUT2D eigenvalue weighted by Crippen LogP contribution is 2.40. The van der Waals surface area contributed by atoms with Gasteiger partial charge < -0.3 is 5.32 Å². The number of hydrogen-bond acceptors (Lipinski definition) is 1. The van der Waals surface area contributed by atoms with Crippen molar-refractivity contribution in [3.63, 3.8) is 0 Å². The van der Waals surface area contributed by atoms with Crippen molar-refractivity contribution in [1.29, 1.82) is 0 Å². The van der Waals surface area contributed by atoms with E-state index in [0.29, 0.717) is 18.2 Å². The fourth-order valence-corrected chi connectivity index (χ4v) is 4.31. The van der Waals surface area contributed by atoms with Gasteiger partial charge in [0.2, 0.25) is 5.91 Å². The van der Waals surface area contributed by atoms with E-state index in [1.807, 2.05) is 0 Å². The highest BCUT2D eigenvalue weighted by molar-refractivity contribution is 9.09. The Bertz CT molecular complexity index is 366. The van der Waals surface area contributed by atoms with Gasteiger partial charge in [0.05, 0.1) is 5.92 Å². The fraction of sp³-hybridized carbons (Fsp3) is 0.933. The number of hydrogen-bond donors (Lipinski definition) is 1. The Morgan fingerprint density at radius 2 is 1.81 bits per heavy atom. The minimum Gasteiger partial charge on any atom is -0.350 e. The van der Waals surface area contributed by atoms with Crippen molar-refractivity contribution < 1.29 is 18.0 Å². The highest BCUT2D eigenvalue weighted by atomic mass is 79.9. The predicted molar refractivity (Wildman–Crippen MR) is 79.3 cm³/mol. The SMILES string of the molecule is O=C(NC1(CBr)CCCCC1)C1CCCC(C(F)(F)F)C1. The Hall–Kier alpha value is -0.260. The Morgan fingerprint density at radius 1 is 1.14 bits per heavy atom. The molecule has 1 amide bonds. The first-order valence-corrected chi connectivity index (χ1v) is 8.93. The Morgan fingerprint density at radius 3 is 2.38 bits per heavy atom. The number of halogens is 4. The van der Waals surface area contributed by atoms with Crippen molar-refractivity contribution in [3.8, 4) is 0 Å². The van der Waals surface area contributed by atoms with Gasteiger partial charge in [-0.3, -0.25) is 4.79 Å². The number of nitrogens with one attached hydrogen (secondary N) is 1. The second-order valence-electron chi connectivity index (χ2n) is 6.57. The number of carbonyl (C=O) groups excluding carboxylic acids is 1. The summed E-state index contributed by atoms with van der Waals surface area (Å²) in [5.41, 5.74) is -0.249. The van der Waals surface area contributed by atoms with Crippen molar-refractivity contribution in [1.82, 2.24) is 5.32 Å². The van der Waals surface area contributed by atoms with Gasteiger partial charge in [-0.05, 0) is 32.1 Å². The highest BCUT2D eigenvalue weighted by Gasteiger charge is 2.44. The summed E-state index contributed by atoms with van der Waals surface area (Å²) in [7, 11) is 0. The summed E-state index contributed by atoms with van der Waals surface area (Å²) in [6.45, 7) is 0. The monoisotopic (exact) mass is 369 g/mol. The molecule has 21 heavy (non-hydrogen) atoms. The molecule has 0 aliphatic heterocycles. The number of carbonyl (C=O) groups is 1. The largest absolute Gasteiger partial charge is 0.391 e. The molecule has 0 aromatic carbocycles. The number of rotatable bonds is 3. The van der Waals surface area contributed by atoms with Crippen LogP contribution >= 0.6 is 15.9 Å². The van der Waals surface area contributed by atoms with Gasteiger partial charge in [0.1, 0.15) is 0 Å². The summed E-state index contributed by atoms with van der Waals surface area (Å²) >= 11 is 3.47. The van der Waals surface area contributed by atoms with E-state index in [0.717, 1.165) is 25.7 Å². The van der Waals surface area contributed by atoms with E-state index in [1.165, 1.54) is 6.42 Å². The molecule has 2 fully saturated rings. The van der Waals surface area contributed by atoms with Gasteiger partial charge in [-0.2, -0.15) is 13.2 Å². The lowest BCUT2D eigenvalue weighted by Gasteiger charge is -2.39. The van der Waals surface area contributed by atoms with Gasteiger partial charge in [0.25, 0.3) is 0 Å². The normalized spacial score (nSPS) is 29.9. The molecule has 0 aromatic heterocycles. The molecule has 6 heteroatoms. The molecule has 0 bridgehead atoms. The minimum atomic E-state index is -4.17. The molecule has 2 atom stereocenters. The molecule has 0 spiro atoms. The summed E-state index contributed by atoms with van der Waals surface area (Å²) in [5.74, 6) is -1.97. The molecule has 0 heterocycles. The molecule has 2 rings (SSSR count). The number of amides is 1. The Balaban J connectivity index is 1.96. The Kier molecular flexibility index (Phi) is 5.60. The molecule has 2 unspecified atom stereocenters. The molecule has 2 nitrogen and oxygen atoms in total. The topological polar surface area (TPSA) is 29.1 Å². The van der Waals surface area contributed by atoms with Gasteiger partial charge in [0.15, 0.2) is 0 Å². The van der Waals surface area contributed by atoms with E-state index < -0.39 is 18.0 Å². The molecule has 0 radical (unpaired) electrons. The summed E-state index contributed by atoms with van der Waals surface area (Å²) < 4.78 is 38.5. The maximum Gasteiger partial charge on any atom is 0.391 e. The molecule has 2 aliphatic carbocycles. The summed E-state index contributed by atoms with van der Waals surface area (Å²) in [6.07, 6.45) is 2.16. The van der Waals surface area contributed by atoms with Crippen molar-refractivity contribution >= 4 is 21.8 Å². The standard InChI is InChI=1S/C15H23BrF3NO/c16-10-14(7-2-1-3-8-14)20-13(21)11-5-4-6-12(9-11)15(17,18)19/h11-12H,1-10H2,(H,20,21). The zero-order valence-corrected chi connectivity index (χ0v) is 13.7. The molecule has 0 aromatic rings. The molecule has 2 saturated carbocycles. The van der Waals surface area contributed by atoms with Crippen LogP contribution in [0.2, 0.25) is 0 Å². The molecule has 2 aliphatic rings. The maximum atomic E-state index is 12.8. The van der Waals surface area contributed by atoms with Crippen LogP contribution in [0.1, 0.15) is 57.8 Å². The third kappa shape index (κ3) is 4.36. The van der Waals surface area contributed by atoms with Crippen LogP contribution in [0.15, 0.2) is 0 Å². The lowest BCUT2D eigenvalue weighted by molar-refractivity contribution is -0.186. The van der Waals surface area contributed by atoms with Crippen LogP contribution in [-0.4, -0.2) is 23.0 Å². The quantitative estimate of drug-likeness (QED) is 0.725. The van der Waals surface area contributed by atoms with Crippen molar-refractivity contribution in [2.75, 3.05) is 5.33 Å². The maximum absolute atomic E-state index is 12.8. The van der Waals surface area contributed by atoms with E-state index in [9.17, 15) is 18.0 Å². The van der Waals surface area contributed by atoms with Gasteiger partial charge in [-0.15, -0.1) is 0 Å².